The van der Waals surface area contributed by atoms with Crippen LogP contribution in [0.4, 0.5) is 8.78 Å². The zero-order valence-corrected chi connectivity index (χ0v) is 26.0. The summed E-state index contributed by atoms with van der Waals surface area (Å²) in [4.78, 5) is 24.7. The molecule has 4 N–H and O–H groups in total. The fourth-order valence-electron chi connectivity index (χ4n) is 5.28. The lowest BCUT2D eigenvalue weighted by Gasteiger charge is -2.45. The van der Waals surface area contributed by atoms with Crippen molar-refractivity contribution < 1.29 is 43.5 Å². The van der Waals surface area contributed by atoms with Crippen molar-refractivity contribution in [3.63, 3.8) is 0 Å². The number of para-hydroxylation sites is 1. The number of alkyl halides is 2. The molecule has 0 unspecified atom stereocenters. The molecule has 0 radical (unpaired) electrons. The first kappa shape index (κ1) is 33.9. The first-order valence-electron chi connectivity index (χ1n) is 13.8. The highest BCUT2D eigenvalue weighted by molar-refractivity contribution is 7.16. The number of aliphatic hydroxyl groups is 2. The number of fused-ring (bicyclic) bond motifs is 2. The summed E-state index contributed by atoms with van der Waals surface area (Å²) in [5.41, 5.74) is 3.87. The summed E-state index contributed by atoms with van der Waals surface area (Å²) >= 11 is 7.37. The van der Waals surface area contributed by atoms with Gasteiger partial charge >= 0.3 is 11.9 Å². The van der Waals surface area contributed by atoms with E-state index < -0.39 is 42.3 Å². The minimum Gasteiger partial charge on any atom is -0.479 e. The van der Waals surface area contributed by atoms with E-state index in [0.29, 0.717) is 22.1 Å². The van der Waals surface area contributed by atoms with Crippen molar-refractivity contribution >= 4 is 34.9 Å². The van der Waals surface area contributed by atoms with Crippen LogP contribution >= 0.6 is 22.9 Å². The summed E-state index contributed by atoms with van der Waals surface area (Å²) in [6.07, 6.45) is -1.07. The minimum atomic E-state index is -2.98. The number of carboxylic acids is 2. The molecule has 2 aliphatic rings. The van der Waals surface area contributed by atoms with E-state index in [4.69, 9.17) is 41.9 Å². The fourth-order valence-corrected chi connectivity index (χ4v) is 6.76. The van der Waals surface area contributed by atoms with E-state index in [1.807, 2.05) is 17.7 Å². The fraction of sp³-hybridized carbons (Fsp3) is 0.483. The van der Waals surface area contributed by atoms with Crippen LogP contribution < -0.4 is 0 Å². The summed E-state index contributed by atoms with van der Waals surface area (Å²) < 4.78 is 37.0. The van der Waals surface area contributed by atoms with Gasteiger partial charge in [0.05, 0.1) is 15.7 Å². The topological polar surface area (TPSA) is 149 Å². The van der Waals surface area contributed by atoms with Gasteiger partial charge in [-0.05, 0) is 51.6 Å². The van der Waals surface area contributed by atoms with Crippen molar-refractivity contribution in [1.29, 1.82) is 0 Å². The number of aromatic nitrogens is 2. The Kier molecular flexibility index (Phi) is 10.5. The largest absolute Gasteiger partial charge is 0.479 e. The molecule has 15 heteroatoms. The third kappa shape index (κ3) is 7.45. The van der Waals surface area contributed by atoms with Crippen molar-refractivity contribution in [3.8, 4) is 5.69 Å². The Morgan fingerprint density at radius 3 is 2.32 bits per heavy atom. The molecule has 0 saturated carbocycles. The van der Waals surface area contributed by atoms with Crippen molar-refractivity contribution in [3.05, 3.63) is 68.1 Å². The van der Waals surface area contributed by atoms with Crippen molar-refractivity contribution in [2.24, 2.45) is 0 Å². The van der Waals surface area contributed by atoms with Crippen LogP contribution in [-0.4, -0.2) is 97.9 Å². The van der Waals surface area contributed by atoms with Crippen LogP contribution in [0.25, 0.3) is 5.69 Å². The second-order valence-corrected chi connectivity index (χ2v) is 12.9. The van der Waals surface area contributed by atoms with Gasteiger partial charge in [-0.2, -0.15) is 13.9 Å². The summed E-state index contributed by atoms with van der Waals surface area (Å²) in [5, 5.41) is 37.3. The van der Waals surface area contributed by atoms with Gasteiger partial charge in [0.2, 0.25) is 0 Å². The van der Waals surface area contributed by atoms with Crippen LogP contribution in [0.5, 0.6) is 0 Å². The predicted octanol–water partition coefficient (Wildman–Crippen LogP) is 3.45. The molecule has 2 atom stereocenters. The molecular weight excluding hydrogens is 622 g/mol. The monoisotopic (exact) mass is 656 g/mol. The van der Waals surface area contributed by atoms with E-state index in [1.54, 1.807) is 0 Å². The second kappa shape index (κ2) is 13.6. The maximum absolute atomic E-state index is 14.4. The summed E-state index contributed by atoms with van der Waals surface area (Å²) in [5.74, 6) is -6.51. The number of nitrogens with zero attached hydrogens (tertiary/aromatic N) is 4. The van der Waals surface area contributed by atoms with Gasteiger partial charge in [-0.3, -0.25) is 4.90 Å². The lowest BCUT2D eigenvalue weighted by atomic mass is 9.84. The highest BCUT2D eigenvalue weighted by Gasteiger charge is 2.51. The molecule has 1 spiro atoms. The van der Waals surface area contributed by atoms with E-state index in [9.17, 15) is 18.4 Å². The summed E-state index contributed by atoms with van der Waals surface area (Å²) in [7, 11) is 4.12. The number of carbonyl (C=O) groups is 2. The van der Waals surface area contributed by atoms with Gasteiger partial charge in [-0.1, -0.05) is 29.8 Å². The number of aryl methyl sites for hydroxylation is 1. The highest BCUT2D eigenvalue weighted by Crippen LogP contribution is 2.52. The maximum atomic E-state index is 14.4. The number of aliphatic carboxylic acids is 2. The number of hydrogen-bond acceptors (Lipinski definition) is 9. The molecule has 1 aromatic carbocycles. The van der Waals surface area contributed by atoms with Gasteiger partial charge in [0, 0.05) is 48.4 Å². The van der Waals surface area contributed by atoms with Crippen molar-refractivity contribution in [2.75, 3.05) is 33.8 Å². The van der Waals surface area contributed by atoms with Crippen LogP contribution in [0.2, 0.25) is 4.34 Å². The molecule has 4 heterocycles. The van der Waals surface area contributed by atoms with E-state index in [2.05, 4.69) is 48.3 Å². The van der Waals surface area contributed by atoms with Gasteiger partial charge < -0.3 is 30.1 Å². The van der Waals surface area contributed by atoms with Crippen LogP contribution in [0.1, 0.15) is 40.1 Å². The average Bonchev–Trinajstić information content (AvgIpc) is 3.55. The number of likely N-dealkylation sites (tertiary alicyclic amines) is 1. The Morgan fingerprint density at radius 2 is 1.73 bits per heavy atom. The molecule has 11 nitrogen and oxygen atoms in total. The number of hydrogen-bond donors (Lipinski definition) is 4. The molecule has 0 aliphatic carbocycles. The predicted molar refractivity (Wildman–Crippen MR) is 158 cm³/mol. The molecule has 2 aromatic heterocycles. The third-order valence-electron chi connectivity index (χ3n) is 7.63. The van der Waals surface area contributed by atoms with Crippen LogP contribution in [0.15, 0.2) is 36.5 Å². The molecule has 1 saturated heterocycles. The maximum Gasteiger partial charge on any atom is 0.335 e. The minimum absolute atomic E-state index is 0.0516. The Hall–Kier alpha value is -2.98. The van der Waals surface area contributed by atoms with Gasteiger partial charge in [-0.15, -0.1) is 11.3 Å². The Balaban J connectivity index is 0.000000382. The number of thiophene rings is 1. The Labute approximate surface area is 261 Å². The molecule has 1 fully saturated rings. The molecule has 2 aliphatic heterocycles. The number of carboxylic acid groups (broad SMARTS) is 2. The quantitative estimate of drug-likeness (QED) is 0.284. The van der Waals surface area contributed by atoms with Crippen molar-refractivity contribution in [1.82, 2.24) is 19.6 Å². The number of halogens is 3. The van der Waals surface area contributed by atoms with Gasteiger partial charge in [0.15, 0.2) is 12.2 Å². The average molecular weight is 657 g/mol. The van der Waals surface area contributed by atoms with Crippen molar-refractivity contribution in [2.45, 2.75) is 56.6 Å². The molecule has 5 rings (SSSR count). The normalized spacial score (nSPS) is 18.8. The number of ether oxygens (including phenoxy) is 1. The SMILES string of the molecule is Cc1nn(-c2ccccc2CN(C)C)cc1CN1CCC2(CC1)OCC(F)(F)c1cc(Cl)sc12.O=C(O)[C@H](O)[C@@H](O)C(=O)O. The van der Waals surface area contributed by atoms with Gasteiger partial charge in [0.25, 0.3) is 5.92 Å². The molecular formula is C29H35ClF2N4O7S. The number of rotatable bonds is 8. The first-order valence-corrected chi connectivity index (χ1v) is 15.0. The van der Waals surface area contributed by atoms with Gasteiger partial charge in [0.1, 0.15) is 12.2 Å². The second-order valence-electron chi connectivity index (χ2n) is 11.2. The first-order chi connectivity index (χ1) is 20.6. The molecule has 3 aromatic rings. The van der Waals surface area contributed by atoms with E-state index in [-0.39, 0.29) is 5.56 Å². The standard InChI is InChI=1S/C25H29ClF2N4OS.C4H6O6/c1-17-19(15-32(29-17)21-7-5-4-6-18(21)13-30(2)3)14-31-10-8-24(9-11-31)23-20(12-22(26)34-23)25(27,28)16-33-24;5-1(3(7)8)2(6)4(9)10/h4-7,12,15H,8-11,13-14,16H2,1-3H3;1-2,5-6H,(H,7,8)(H,9,10)/t;1-,2-/m.1/s1. The lowest BCUT2D eigenvalue weighted by molar-refractivity contribution is -0.182. The lowest BCUT2D eigenvalue weighted by Crippen LogP contribution is -2.48. The van der Waals surface area contributed by atoms with Crippen LogP contribution in [-0.2, 0) is 38.9 Å². The zero-order chi connectivity index (χ0) is 32.4. The number of aliphatic hydroxyl groups excluding tert-OH is 2. The Bertz CT molecular complexity index is 1470. The zero-order valence-electron chi connectivity index (χ0n) is 24.4. The van der Waals surface area contributed by atoms with Crippen LogP contribution in [0.3, 0.4) is 0 Å². The Morgan fingerprint density at radius 1 is 1.11 bits per heavy atom. The van der Waals surface area contributed by atoms with E-state index in [1.165, 1.54) is 28.5 Å². The summed E-state index contributed by atoms with van der Waals surface area (Å²) in [6, 6.07) is 9.74. The molecule has 240 valence electrons. The summed E-state index contributed by atoms with van der Waals surface area (Å²) in [6.45, 7) is 4.60. The third-order valence-corrected chi connectivity index (χ3v) is 9.08. The van der Waals surface area contributed by atoms with E-state index in [0.717, 1.165) is 37.6 Å². The molecule has 44 heavy (non-hydrogen) atoms. The molecule has 0 bridgehead atoms. The number of piperidine rings is 1. The van der Waals surface area contributed by atoms with Gasteiger partial charge in [-0.25, -0.2) is 14.3 Å². The smallest absolute Gasteiger partial charge is 0.335 e. The highest BCUT2D eigenvalue weighted by atomic mass is 35.5. The molecule has 0 amide bonds. The van der Waals surface area contributed by atoms with Crippen LogP contribution in [0, 0.1) is 6.92 Å². The number of benzene rings is 1. The van der Waals surface area contributed by atoms with E-state index >= 15 is 0 Å².